The molecule has 0 aliphatic heterocycles. The third-order valence-corrected chi connectivity index (χ3v) is 2.74. The Kier molecular flexibility index (Phi) is 2.86. The highest BCUT2D eigenvalue weighted by atomic mass is 16.5. The predicted octanol–water partition coefficient (Wildman–Crippen LogP) is 2.51. The van der Waals surface area contributed by atoms with Crippen LogP contribution in [0, 0.1) is 0 Å². The lowest BCUT2D eigenvalue weighted by molar-refractivity contribution is -0.141. The van der Waals surface area contributed by atoms with Gasteiger partial charge >= 0.3 is 5.97 Å². The zero-order valence-corrected chi connectivity index (χ0v) is 9.31. The van der Waals surface area contributed by atoms with Gasteiger partial charge in [0.15, 0.2) is 0 Å². The molecule has 3 heteroatoms. The smallest absolute Gasteiger partial charge is 0.312 e. The van der Waals surface area contributed by atoms with Crippen molar-refractivity contribution in [1.82, 2.24) is 4.98 Å². The lowest BCUT2D eigenvalue weighted by atomic mass is 9.96. The Morgan fingerprint density at radius 2 is 2.19 bits per heavy atom. The second kappa shape index (κ2) is 4.31. The van der Waals surface area contributed by atoms with Gasteiger partial charge in [0.2, 0.25) is 0 Å². The molecule has 0 amide bonds. The number of pyridine rings is 1. The molecule has 0 N–H and O–H groups in total. The number of rotatable bonds is 2. The van der Waals surface area contributed by atoms with Gasteiger partial charge in [-0.2, -0.15) is 0 Å². The lowest BCUT2D eigenvalue weighted by Crippen LogP contribution is -2.11. The van der Waals surface area contributed by atoms with Crippen molar-refractivity contribution < 1.29 is 9.53 Å². The largest absolute Gasteiger partial charge is 0.469 e. The summed E-state index contributed by atoms with van der Waals surface area (Å²) in [6, 6.07) is 7.82. The molecule has 0 radical (unpaired) electrons. The van der Waals surface area contributed by atoms with Crippen LogP contribution in [0.5, 0.6) is 0 Å². The summed E-state index contributed by atoms with van der Waals surface area (Å²) in [5.74, 6) is -0.491. The van der Waals surface area contributed by atoms with E-state index in [1.54, 1.807) is 12.4 Å². The molecule has 1 aromatic carbocycles. The Hall–Kier alpha value is -1.90. The van der Waals surface area contributed by atoms with Crippen LogP contribution < -0.4 is 0 Å². The number of ether oxygens (including phenoxy) is 1. The van der Waals surface area contributed by atoms with Crippen LogP contribution in [0.25, 0.3) is 10.8 Å². The Morgan fingerprint density at radius 3 is 2.94 bits per heavy atom. The molecule has 0 spiro atoms. The quantitative estimate of drug-likeness (QED) is 0.722. The number of methoxy groups -OCH3 is 1. The van der Waals surface area contributed by atoms with Crippen molar-refractivity contribution >= 4 is 16.7 Å². The fourth-order valence-electron chi connectivity index (χ4n) is 1.82. The van der Waals surface area contributed by atoms with E-state index in [9.17, 15) is 4.79 Å². The number of nitrogens with zero attached hydrogens (tertiary/aromatic N) is 1. The number of benzene rings is 1. The molecule has 1 atom stereocenters. The standard InChI is InChI=1S/C13H13NO2/c1-9(13(15)16-2)11-5-3-4-10-6-7-14-8-12(10)11/h3-9H,1-2H3. The molecular formula is C13H13NO2. The zero-order chi connectivity index (χ0) is 11.5. The van der Waals surface area contributed by atoms with Crippen LogP contribution in [0.15, 0.2) is 36.7 Å². The summed E-state index contributed by atoms with van der Waals surface area (Å²) in [5, 5.41) is 2.09. The van der Waals surface area contributed by atoms with E-state index in [0.717, 1.165) is 16.3 Å². The zero-order valence-electron chi connectivity index (χ0n) is 9.31. The highest BCUT2D eigenvalue weighted by Crippen LogP contribution is 2.25. The molecule has 3 nitrogen and oxygen atoms in total. The molecule has 1 unspecified atom stereocenters. The van der Waals surface area contributed by atoms with Crippen molar-refractivity contribution in [3.8, 4) is 0 Å². The van der Waals surface area contributed by atoms with E-state index in [4.69, 9.17) is 4.74 Å². The van der Waals surface area contributed by atoms with Gasteiger partial charge in [0.25, 0.3) is 0 Å². The first kappa shape index (κ1) is 10.6. The van der Waals surface area contributed by atoms with Crippen LogP contribution in [-0.2, 0) is 9.53 Å². The van der Waals surface area contributed by atoms with Crippen LogP contribution in [0.3, 0.4) is 0 Å². The van der Waals surface area contributed by atoms with Crippen molar-refractivity contribution in [2.75, 3.05) is 7.11 Å². The van der Waals surface area contributed by atoms with E-state index < -0.39 is 0 Å². The van der Waals surface area contributed by atoms with Gasteiger partial charge in [-0.3, -0.25) is 9.78 Å². The summed E-state index contributed by atoms with van der Waals surface area (Å²) in [5.41, 5.74) is 0.956. The minimum atomic E-state index is -0.266. The summed E-state index contributed by atoms with van der Waals surface area (Å²) in [7, 11) is 1.40. The highest BCUT2D eigenvalue weighted by molar-refractivity contribution is 5.90. The topological polar surface area (TPSA) is 39.2 Å². The molecule has 0 aliphatic carbocycles. The summed E-state index contributed by atoms with van der Waals surface area (Å²) < 4.78 is 4.76. The van der Waals surface area contributed by atoms with Crippen LogP contribution >= 0.6 is 0 Å². The average molecular weight is 215 g/mol. The Morgan fingerprint density at radius 1 is 1.38 bits per heavy atom. The number of hydrogen-bond acceptors (Lipinski definition) is 3. The monoisotopic (exact) mass is 215 g/mol. The van der Waals surface area contributed by atoms with Crippen molar-refractivity contribution in [2.45, 2.75) is 12.8 Å². The third kappa shape index (κ3) is 1.76. The predicted molar refractivity (Wildman–Crippen MR) is 62.2 cm³/mol. The SMILES string of the molecule is COC(=O)C(C)c1cccc2ccncc12. The number of carbonyl (C=O) groups excluding carboxylic acids is 1. The van der Waals surface area contributed by atoms with Crippen molar-refractivity contribution in [1.29, 1.82) is 0 Å². The number of aromatic nitrogens is 1. The Labute approximate surface area is 94.1 Å². The Balaban J connectivity index is 2.56. The molecular weight excluding hydrogens is 202 g/mol. The molecule has 2 aromatic rings. The second-order valence-electron chi connectivity index (χ2n) is 3.69. The molecule has 0 saturated heterocycles. The van der Waals surface area contributed by atoms with Gasteiger partial charge in [0.1, 0.15) is 0 Å². The molecule has 16 heavy (non-hydrogen) atoms. The third-order valence-electron chi connectivity index (χ3n) is 2.74. The first-order valence-electron chi connectivity index (χ1n) is 5.14. The highest BCUT2D eigenvalue weighted by Gasteiger charge is 2.17. The maximum Gasteiger partial charge on any atom is 0.312 e. The number of carbonyl (C=O) groups is 1. The molecule has 1 aromatic heterocycles. The maximum atomic E-state index is 11.5. The number of hydrogen-bond donors (Lipinski definition) is 0. The summed E-state index contributed by atoms with van der Waals surface area (Å²) in [4.78, 5) is 15.6. The van der Waals surface area contributed by atoms with Crippen LogP contribution in [0.2, 0.25) is 0 Å². The first-order chi connectivity index (χ1) is 7.74. The Bertz CT molecular complexity index is 517. The molecule has 0 bridgehead atoms. The van der Waals surface area contributed by atoms with E-state index in [1.165, 1.54) is 7.11 Å². The summed E-state index contributed by atoms with van der Waals surface area (Å²) in [6.07, 6.45) is 3.53. The van der Waals surface area contributed by atoms with Gasteiger partial charge in [0, 0.05) is 17.8 Å². The van der Waals surface area contributed by atoms with Gasteiger partial charge in [-0.05, 0) is 23.9 Å². The average Bonchev–Trinajstić information content (AvgIpc) is 2.36. The van der Waals surface area contributed by atoms with Crippen molar-refractivity contribution in [3.63, 3.8) is 0 Å². The fourth-order valence-corrected chi connectivity index (χ4v) is 1.82. The number of esters is 1. The van der Waals surface area contributed by atoms with E-state index in [0.29, 0.717) is 0 Å². The van der Waals surface area contributed by atoms with Crippen LogP contribution in [0.4, 0.5) is 0 Å². The van der Waals surface area contributed by atoms with Crippen LogP contribution in [-0.4, -0.2) is 18.1 Å². The summed E-state index contributed by atoms with van der Waals surface area (Å²) >= 11 is 0. The molecule has 1 heterocycles. The minimum absolute atomic E-state index is 0.226. The van der Waals surface area contributed by atoms with Gasteiger partial charge in [0.05, 0.1) is 13.0 Å². The van der Waals surface area contributed by atoms with Gasteiger partial charge in [-0.1, -0.05) is 18.2 Å². The van der Waals surface area contributed by atoms with Crippen LogP contribution in [0.1, 0.15) is 18.4 Å². The molecule has 0 saturated carbocycles. The van der Waals surface area contributed by atoms with E-state index in [2.05, 4.69) is 4.98 Å². The summed E-state index contributed by atoms with van der Waals surface area (Å²) in [6.45, 7) is 1.84. The first-order valence-corrected chi connectivity index (χ1v) is 5.14. The van der Waals surface area contributed by atoms with Crippen molar-refractivity contribution in [3.05, 3.63) is 42.2 Å². The minimum Gasteiger partial charge on any atom is -0.469 e. The van der Waals surface area contributed by atoms with Gasteiger partial charge in [-0.15, -0.1) is 0 Å². The van der Waals surface area contributed by atoms with Gasteiger partial charge in [-0.25, -0.2) is 0 Å². The molecule has 0 fully saturated rings. The van der Waals surface area contributed by atoms with E-state index in [-0.39, 0.29) is 11.9 Å². The molecule has 82 valence electrons. The lowest BCUT2D eigenvalue weighted by Gasteiger charge is -2.11. The maximum absolute atomic E-state index is 11.5. The van der Waals surface area contributed by atoms with Gasteiger partial charge < -0.3 is 4.74 Å². The van der Waals surface area contributed by atoms with E-state index in [1.807, 2.05) is 31.2 Å². The fraction of sp³-hybridized carbons (Fsp3) is 0.231. The van der Waals surface area contributed by atoms with Crippen molar-refractivity contribution in [2.24, 2.45) is 0 Å². The normalized spacial score (nSPS) is 12.4. The second-order valence-corrected chi connectivity index (χ2v) is 3.69. The number of fused-ring (bicyclic) bond motifs is 1. The van der Waals surface area contributed by atoms with E-state index >= 15 is 0 Å². The molecule has 0 aliphatic rings. The molecule has 2 rings (SSSR count).